The molecule has 0 bridgehead atoms. The highest BCUT2D eigenvalue weighted by molar-refractivity contribution is 9.10. The molecule has 3 nitrogen and oxygen atoms in total. The standard InChI is InChI=1S/C14H11BrO3/c1-17-13-8-12(18-14(16)9-13)7-4-10-2-5-11(15)6-3-10/h2-9H,1H3. The van der Waals surface area contributed by atoms with Crippen molar-refractivity contribution in [2.24, 2.45) is 0 Å². The first-order valence-electron chi connectivity index (χ1n) is 5.30. The van der Waals surface area contributed by atoms with Gasteiger partial charge in [-0.2, -0.15) is 0 Å². The van der Waals surface area contributed by atoms with Crippen LogP contribution in [0, 0.1) is 0 Å². The SMILES string of the molecule is COc1cc(C=Cc2ccc(Br)cc2)oc(=O)c1. The molecule has 18 heavy (non-hydrogen) atoms. The van der Waals surface area contributed by atoms with Crippen LogP contribution in [0.5, 0.6) is 5.75 Å². The molecule has 1 aromatic heterocycles. The molecule has 0 unspecified atom stereocenters. The maximum Gasteiger partial charge on any atom is 0.339 e. The van der Waals surface area contributed by atoms with Gasteiger partial charge in [-0.05, 0) is 23.8 Å². The van der Waals surface area contributed by atoms with Gasteiger partial charge in [0.15, 0.2) is 0 Å². The van der Waals surface area contributed by atoms with E-state index < -0.39 is 5.63 Å². The lowest BCUT2D eigenvalue weighted by molar-refractivity contribution is 0.400. The summed E-state index contributed by atoms with van der Waals surface area (Å²) in [5, 5.41) is 0. The molecule has 0 amide bonds. The molecule has 2 rings (SSSR count). The molecule has 0 fully saturated rings. The number of hydrogen-bond donors (Lipinski definition) is 0. The molecule has 0 N–H and O–H groups in total. The lowest BCUT2D eigenvalue weighted by atomic mass is 10.2. The van der Waals surface area contributed by atoms with E-state index in [4.69, 9.17) is 9.15 Å². The van der Waals surface area contributed by atoms with Crippen LogP contribution in [-0.4, -0.2) is 7.11 Å². The summed E-state index contributed by atoms with van der Waals surface area (Å²) in [5.74, 6) is 0.948. The maximum absolute atomic E-state index is 11.2. The van der Waals surface area contributed by atoms with Gasteiger partial charge in [-0.3, -0.25) is 0 Å². The predicted molar refractivity (Wildman–Crippen MR) is 74.6 cm³/mol. The summed E-state index contributed by atoms with van der Waals surface area (Å²) < 4.78 is 11.1. The Hall–Kier alpha value is -1.81. The molecule has 0 radical (unpaired) electrons. The van der Waals surface area contributed by atoms with E-state index in [1.807, 2.05) is 30.3 Å². The van der Waals surface area contributed by atoms with Gasteiger partial charge in [0.2, 0.25) is 0 Å². The van der Waals surface area contributed by atoms with Crippen molar-refractivity contribution in [3.05, 3.63) is 62.6 Å². The number of methoxy groups -OCH3 is 1. The van der Waals surface area contributed by atoms with Gasteiger partial charge in [0.05, 0.1) is 13.2 Å². The van der Waals surface area contributed by atoms with Gasteiger partial charge in [0.1, 0.15) is 11.5 Å². The monoisotopic (exact) mass is 306 g/mol. The second-order valence-corrected chi connectivity index (χ2v) is 4.52. The van der Waals surface area contributed by atoms with Crippen LogP contribution in [-0.2, 0) is 0 Å². The Bertz CT molecular complexity index is 612. The number of ether oxygens (including phenoxy) is 1. The van der Waals surface area contributed by atoms with Gasteiger partial charge in [-0.1, -0.05) is 34.1 Å². The van der Waals surface area contributed by atoms with Crippen LogP contribution >= 0.6 is 15.9 Å². The Kier molecular flexibility index (Phi) is 3.99. The van der Waals surface area contributed by atoms with Crippen molar-refractivity contribution in [3.8, 4) is 5.75 Å². The van der Waals surface area contributed by atoms with Crippen molar-refractivity contribution < 1.29 is 9.15 Å². The average molecular weight is 307 g/mol. The van der Waals surface area contributed by atoms with Crippen molar-refractivity contribution >= 4 is 28.1 Å². The van der Waals surface area contributed by atoms with Crippen molar-refractivity contribution in [1.82, 2.24) is 0 Å². The smallest absolute Gasteiger partial charge is 0.339 e. The van der Waals surface area contributed by atoms with Crippen LogP contribution in [0.3, 0.4) is 0 Å². The summed E-state index contributed by atoms with van der Waals surface area (Å²) in [7, 11) is 1.51. The molecule has 0 aliphatic heterocycles. The third kappa shape index (κ3) is 3.34. The lowest BCUT2D eigenvalue weighted by Gasteiger charge is -1.99. The van der Waals surface area contributed by atoms with Crippen LogP contribution in [0.15, 0.2) is 50.1 Å². The van der Waals surface area contributed by atoms with E-state index in [1.165, 1.54) is 13.2 Å². The van der Waals surface area contributed by atoms with Crippen LogP contribution in [0.2, 0.25) is 0 Å². The quantitative estimate of drug-likeness (QED) is 0.870. The Morgan fingerprint density at radius 2 is 1.89 bits per heavy atom. The van der Waals surface area contributed by atoms with Gasteiger partial charge >= 0.3 is 5.63 Å². The first-order valence-corrected chi connectivity index (χ1v) is 6.09. The molecular weight excluding hydrogens is 296 g/mol. The first-order chi connectivity index (χ1) is 8.67. The summed E-state index contributed by atoms with van der Waals surface area (Å²) in [4.78, 5) is 11.2. The van der Waals surface area contributed by atoms with E-state index in [9.17, 15) is 4.79 Å². The van der Waals surface area contributed by atoms with E-state index in [2.05, 4.69) is 15.9 Å². The van der Waals surface area contributed by atoms with Crippen molar-refractivity contribution in [3.63, 3.8) is 0 Å². The average Bonchev–Trinajstić information content (AvgIpc) is 2.37. The van der Waals surface area contributed by atoms with E-state index >= 15 is 0 Å². The third-order valence-electron chi connectivity index (χ3n) is 2.31. The fraction of sp³-hybridized carbons (Fsp3) is 0.0714. The van der Waals surface area contributed by atoms with Crippen LogP contribution < -0.4 is 10.4 Å². The van der Waals surface area contributed by atoms with Crippen LogP contribution in [0.25, 0.3) is 12.2 Å². The fourth-order valence-electron chi connectivity index (χ4n) is 1.43. The largest absolute Gasteiger partial charge is 0.496 e. The Balaban J connectivity index is 2.25. The minimum atomic E-state index is -0.426. The molecule has 0 saturated carbocycles. The fourth-order valence-corrected chi connectivity index (χ4v) is 1.69. The summed E-state index contributed by atoms with van der Waals surface area (Å²) in [6.07, 6.45) is 3.59. The number of rotatable bonds is 3. The second kappa shape index (κ2) is 5.69. The first kappa shape index (κ1) is 12.6. The summed E-state index contributed by atoms with van der Waals surface area (Å²) in [5.41, 5.74) is 0.591. The van der Waals surface area contributed by atoms with E-state index in [0.29, 0.717) is 11.5 Å². The molecule has 92 valence electrons. The third-order valence-corrected chi connectivity index (χ3v) is 2.84. The summed E-state index contributed by atoms with van der Waals surface area (Å²) in [6, 6.07) is 10.8. The van der Waals surface area contributed by atoms with Crippen molar-refractivity contribution in [2.75, 3.05) is 7.11 Å². The zero-order valence-electron chi connectivity index (χ0n) is 9.72. The highest BCUT2D eigenvalue weighted by Crippen LogP contribution is 2.15. The number of hydrogen-bond acceptors (Lipinski definition) is 3. The molecule has 0 atom stereocenters. The minimum Gasteiger partial charge on any atom is -0.496 e. The van der Waals surface area contributed by atoms with Crippen molar-refractivity contribution in [2.45, 2.75) is 0 Å². The van der Waals surface area contributed by atoms with Gasteiger partial charge < -0.3 is 9.15 Å². The van der Waals surface area contributed by atoms with Crippen molar-refractivity contribution in [1.29, 1.82) is 0 Å². The van der Waals surface area contributed by atoms with Crippen LogP contribution in [0.4, 0.5) is 0 Å². The highest BCUT2D eigenvalue weighted by atomic mass is 79.9. The Morgan fingerprint density at radius 1 is 1.17 bits per heavy atom. The summed E-state index contributed by atoms with van der Waals surface area (Å²) >= 11 is 3.37. The zero-order chi connectivity index (χ0) is 13.0. The zero-order valence-corrected chi connectivity index (χ0v) is 11.3. The lowest BCUT2D eigenvalue weighted by Crippen LogP contribution is -1.98. The highest BCUT2D eigenvalue weighted by Gasteiger charge is 1.98. The van der Waals surface area contributed by atoms with E-state index in [0.717, 1.165) is 10.0 Å². The molecule has 2 aromatic rings. The molecule has 1 heterocycles. The topological polar surface area (TPSA) is 39.4 Å². The maximum atomic E-state index is 11.2. The van der Waals surface area contributed by atoms with Gasteiger partial charge in [-0.25, -0.2) is 4.79 Å². The van der Waals surface area contributed by atoms with E-state index in [-0.39, 0.29) is 0 Å². The molecule has 0 aliphatic carbocycles. The molecule has 0 aliphatic rings. The number of halogens is 1. The predicted octanol–water partition coefficient (Wildman–Crippen LogP) is 3.58. The second-order valence-electron chi connectivity index (χ2n) is 3.60. The van der Waals surface area contributed by atoms with E-state index in [1.54, 1.807) is 12.1 Å². The van der Waals surface area contributed by atoms with Gasteiger partial charge in [-0.15, -0.1) is 0 Å². The van der Waals surface area contributed by atoms with Gasteiger partial charge in [0, 0.05) is 10.5 Å². The number of benzene rings is 1. The Morgan fingerprint density at radius 3 is 2.56 bits per heavy atom. The molecule has 1 aromatic carbocycles. The molecular formula is C14H11BrO3. The Labute approximate surface area is 113 Å². The summed E-state index contributed by atoms with van der Waals surface area (Å²) in [6.45, 7) is 0. The molecule has 0 saturated heterocycles. The molecule has 0 spiro atoms. The normalized spacial score (nSPS) is 10.8. The molecule has 4 heteroatoms. The van der Waals surface area contributed by atoms with Crippen LogP contribution in [0.1, 0.15) is 11.3 Å². The van der Waals surface area contributed by atoms with Gasteiger partial charge in [0.25, 0.3) is 0 Å². The minimum absolute atomic E-state index is 0.426.